The highest BCUT2D eigenvalue weighted by Gasteiger charge is 2.29. The Kier molecular flexibility index (Phi) is 6.37. The average molecular weight is 458 g/mol. The van der Waals surface area contributed by atoms with E-state index in [1.54, 1.807) is 0 Å². The number of nitrogens with zero attached hydrogens (tertiary/aromatic N) is 5. The molecule has 0 spiro atoms. The summed E-state index contributed by atoms with van der Waals surface area (Å²) < 4.78 is 21.6. The molecular weight excluding hydrogens is 432 g/mol. The number of anilines is 2. The normalized spacial score (nSPS) is 18.6. The first kappa shape index (κ1) is 21.6. The standard InChI is InChI=1S/C21H26N6O6/c28-27(29)19-20(22-4-3-18-30-9-10-31-18)23-13-24-21(19)26-7-5-25(6-8-26)12-15-1-2-16-17(11-15)33-14-32-16/h1-2,11,13,18H,3-10,12,14H2,(H,22,23,24). The molecule has 176 valence electrons. The first-order chi connectivity index (χ1) is 16.2. The Morgan fingerprint density at radius 3 is 2.67 bits per heavy atom. The second kappa shape index (κ2) is 9.73. The minimum absolute atomic E-state index is 0.102. The van der Waals surface area contributed by atoms with Gasteiger partial charge < -0.3 is 29.2 Å². The van der Waals surface area contributed by atoms with Crippen LogP contribution in [0.25, 0.3) is 0 Å². The van der Waals surface area contributed by atoms with Gasteiger partial charge in [-0.1, -0.05) is 6.07 Å². The molecule has 1 aromatic carbocycles. The fraction of sp³-hybridized carbons (Fsp3) is 0.524. The number of aromatic nitrogens is 2. The van der Waals surface area contributed by atoms with Crippen LogP contribution in [0.2, 0.25) is 0 Å². The van der Waals surface area contributed by atoms with Crippen LogP contribution in [0.5, 0.6) is 11.5 Å². The summed E-state index contributed by atoms with van der Waals surface area (Å²) in [5.74, 6) is 2.10. The Labute approximate surface area is 190 Å². The summed E-state index contributed by atoms with van der Waals surface area (Å²) in [6.45, 7) is 5.40. The van der Waals surface area contributed by atoms with Crippen LogP contribution in [0.1, 0.15) is 12.0 Å². The molecule has 0 aliphatic carbocycles. The van der Waals surface area contributed by atoms with Crippen molar-refractivity contribution >= 4 is 17.3 Å². The molecule has 2 saturated heterocycles. The van der Waals surface area contributed by atoms with Gasteiger partial charge in [-0.15, -0.1) is 0 Å². The molecule has 1 aromatic heterocycles. The van der Waals surface area contributed by atoms with E-state index in [1.807, 2.05) is 23.1 Å². The fourth-order valence-corrected chi connectivity index (χ4v) is 4.20. The number of nitro groups is 1. The molecule has 2 aromatic rings. The quantitative estimate of drug-likeness (QED) is 0.458. The van der Waals surface area contributed by atoms with E-state index in [1.165, 1.54) is 6.33 Å². The summed E-state index contributed by atoms with van der Waals surface area (Å²) in [4.78, 5) is 24.1. The zero-order valence-electron chi connectivity index (χ0n) is 18.1. The van der Waals surface area contributed by atoms with E-state index in [2.05, 4.69) is 20.2 Å². The van der Waals surface area contributed by atoms with Gasteiger partial charge in [0.2, 0.25) is 18.4 Å². The van der Waals surface area contributed by atoms with Gasteiger partial charge in [0.1, 0.15) is 6.33 Å². The highest BCUT2D eigenvalue weighted by molar-refractivity contribution is 5.70. The Balaban J connectivity index is 1.21. The number of fused-ring (bicyclic) bond motifs is 1. The zero-order valence-corrected chi connectivity index (χ0v) is 18.1. The summed E-state index contributed by atoms with van der Waals surface area (Å²) in [5.41, 5.74) is 1.04. The largest absolute Gasteiger partial charge is 0.454 e. The van der Waals surface area contributed by atoms with Crippen molar-refractivity contribution in [2.24, 2.45) is 0 Å². The van der Waals surface area contributed by atoms with Crippen molar-refractivity contribution in [1.82, 2.24) is 14.9 Å². The first-order valence-corrected chi connectivity index (χ1v) is 11.0. The van der Waals surface area contributed by atoms with Crippen molar-refractivity contribution in [3.05, 3.63) is 40.2 Å². The third kappa shape index (κ3) is 4.92. The number of rotatable bonds is 8. The second-order valence-corrected chi connectivity index (χ2v) is 7.99. The lowest BCUT2D eigenvalue weighted by Crippen LogP contribution is -2.46. The van der Waals surface area contributed by atoms with Gasteiger partial charge in [0.15, 0.2) is 17.8 Å². The lowest BCUT2D eigenvalue weighted by molar-refractivity contribution is -0.383. The molecule has 0 saturated carbocycles. The Morgan fingerprint density at radius 1 is 1.09 bits per heavy atom. The first-order valence-electron chi connectivity index (χ1n) is 11.0. The third-order valence-electron chi connectivity index (χ3n) is 5.86. The summed E-state index contributed by atoms with van der Waals surface area (Å²) >= 11 is 0. The summed E-state index contributed by atoms with van der Waals surface area (Å²) in [6, 6.07) is 5.97. The predicted molar refractivity (Wildman–Crippen MR) is 118 cm³/mol. The lowest BCUT2D eigenvalue weighted by Gasteiger charge is -2.35. The van der Waals surface area contributed by atoms with Crippen molar-refractivity contribution in [3.63, 3.8) is 0 Å². The lowest BCUT2D eigenvalue weighted by atomic mass is 10.1. The van der Waals surface area contributed by atoms with E-state index in [0.717, 1.165) is 36.7 Å². The average Bonchev–Trinajstić information content (AvgIpc) is 3.51. The number of ether oxygens (including phenoxy) is 4. The van der Waals surface area contributed by atoms with E-state index < -0.39 is 4.92 Å². The number of nitrogens with one attached hydrogen (secondary N) is 1. The van der Waals surface area contributed by atoms with Crippen molar-refractivity contribution in [3.8, 4) is 11.5 Å². The number of hydrogen-bond donors (Lipinski definition) is 1. The van der Waals surface area contributed by atoms with Crippen LogP contribution in [0.3, 0.4) is 0 Å². The van der Waals surface area contributed by atoms with Gasteiger partial charge >= 0.3 is 5.69 Å². The predicted octanol–water partition coefficient (Wildman–Crippen LogP) is 1.61. The maximum absolute atomic E-state index is 11.9. The summed E-state index contributed by atoms with van der Waals surface area (Å²) in [7, 11) is 0. The fourth-order valence-electron chi connectivity index (χ4n) is 4.20. The third-order valence-corrected chi connectivity index (χ3v) is 5.86. The van der Waals surface area contributed by atoms with E-state index in [9.17, 15) is 10.1 Å². The molecule has 0 unspecified atom stereocenters. The molecule has 1 N–H and O–H groups in total. The number of benzene rings is 1. The van der Waals surface area contributed by atoms with Gasteiger partial charge in [-0.3, -0.25) is 15.0 Å². The minimum atomic E-state index is -0.417. The van der Waals surface area contributed by atoms with E-state index in [0.29, 0.717) is 45.1 Å². The molecule has 0 amide bonds. The minimum Gasteiger partial charge on any atom is -0.454 e. The monoisotopic (exact) mass is 458 g/mol. The molecule has 33 heavy (non-hydrogen) atoms. The van der Waals surface area contributed by atoms with Gasteiger partial charge in [0, 0.05) is 45.7 Å². The summed E-state index contributed by atoms with van der Waals surface area (Å²) in [6.07, 6.45) is 1.66. The molecule has 0 atom stereocenters. The van der Waals surface area contributed by atoms with Gasteiger partial charge in [-0.2, -0.15) is 0 Å². The van der Waals surface area contributed by atoms with Crippen molar-refractivity contribution in [2.75, 3.05) is 62.9 Å². The maximum Gasteiger partial charge on any atom is 0.353 e. The second-order valence-electron chi connectivity index (χ2n) is 7.99. The molecule has 12 heteroatoms. The van der Waals surface area contributed by atoms with Gasteiger partial charge in [0.25, 0.3) is 0 Å². The Morgan fingerprint density at radius 2 is 1.88 bits per heavy atom. The molecule has 3 aliphatic rings. The van der Waals surface area contributed by atoms with Crippen molar-refractivity contribution < 1.29 is 23.9 Å². The zero-order chi connectivity index (χ0) is 22.6. The number of piperazine rings is 1. The molecule has 4 heterocycles. The van der Waals surface area contributed by atoms with Crippen LogP contribution in [0.15, 0.2) is 24.5 Å². The molecular formula is C21H26N6O6. The Bertz CT molecular complexity index is 993. The smallest absolute Gasteiger partial charge is 0.353 e. The van der Waals surface area contributed by atoms with Crippen LogP contribution < -0.4 is 19.7 Å². The molecule has 5 rings (SSSR count). The van der Waals surface area contributed by atoms with Gasteiger partial charge in [-0.25, -0.2) is 9.97 Å². The SMILES string of the molecule is O=[N+]([O-])c1c(NCCC2OCCO2)ncnc1N1CCN(Cc2ccc3c(c2)OCO3)CC1. The summed E-state index contributed by atoms with van der Waals surface area (Å²) in [5, 5.41) is 14.9. The Hall–Kier alpha value is -3.22. The molecule has 0 bridgehead atoms. The van der Waals surface area contributed by atoms with Crippen molar-refractivity contribution in [1.29, 1.82) is 0 Å². The van der Waals surface area contributed by atoms with Crippen LogP contribution in [-0.4, -0.2) is 78.8 Å². The molecule has 0 radical (unpaired) electrons. The highest BCUT2D eigenvalue weighted by atomic mass is 16.7. The molecule has 2 fully saturated rings. The van der Waals surface area contributed by atoms with E-state index >= 15 is 0 Å². The van der Waals surface area contributed by atoms with Gasteiger partial charge in [0.05, 0.1) is 18.1 Å². The highest BCUT2D eigenvalue weighted by Crippen LogP contribution is 2.34. The van der Waals surface area contributed by atoms with E-state index in [-0.39, 0.29) is 24.6 Å². The van der Waals surface area contributed by atoms with Crippen LogP contribution >= 0.6 is 0 Å². The van der Waals surface area contributed by atoms with Crippen LogP contribution in [0, 0.1) is 10.1 Å². The number of hydrogen-bond acceptors (Lipinski definition) is 11. The topological polar surface area (TPSA) is 124 Å². The van der Waals surface area contributed by atoms with Crippen molar-refractivity contribution in [2.45, 2.75) is 19.3 Å². The van der Waals surface area contributed by atoms with Crippen LogP contribution in [-0.2, 0) is 16.0 Å². The molecule has 3 aliphatic heterocycles. The maximum atomic E-state index is 11.9. The van der Waals surface area contributed by atoms with Gasteiger partial charge in [-0.05, 0) is 17.7 Å². The van der Waals surface area contributed by atoms with Crippen LogP contribution in [0.4, 0.5) is 17.3 Å². The van der Waals surface area contributed by atoms with E-state index in [4.69, 9.17) is 18.9 Å². The molecule has 12 nitrogen and oxygen atoms in total.